The number of hydrogen-bond donors (Lipinski definition) is 3. The summed E-state index contributed by atoms with van der Waals surface area (Å²) in [6.07, 6.45) is 0.0906. The number of carboxylic acid groups (broad SMARTS) is 1. The molecule has 1 amide bonds. The molecule has 3 N–H and O–H groups in total. The molecule has 0 aromatic carbocycles. The molecule has 1 saturated heterocycles. The average molecular weight is 516 g/mol. The van der Waals surface area contributed by atoms with E-state index < -0.39 is 29.9 Å². The average Bonchev–Trinajstić information content (AvgIpc) is 3.33. The van der Waals surface area contributed by atoms with Crippen molar-refractivity contribution in [3.8, 4) is 11.4 Å². The molecule has 3 aromatic rings. The van der Waals surface area contributed by atoms with Crippen LogP contribution in [0.25, 0.3) is 11.4 Å². The molecule has 0 bridgehead atoms. The third-order valence-electron chi connectivity index (χ3n) is 5.20. The lowest BCUT2D eigenvalue weighted by atomic mass is 10.0. The van der Waals surface area contributed by atoms with Crippen LogP contribution in [0.3, 0.4) is 0 Å². The quantitative estimate of drug-likeness (QED) is 0.466. The minimum Gasteiger partial charge on any atom is -0.477 e. The molecule has 0 aliphatic carbocycles. The fraction of sp³-hybridized carbons (Fsp3) is 0.300. The number of carboxylic acids is 1. The Bertz CT molecular complexity index is 1230. The van der Waals surface area contributed by atoms with Crippen LogP contribution < -0.4 is 10.2 Å². The van der Waals surface area contributed by atoms with Gasteiger partial charge in [-0.05, 0) is 25.5 Å². The summed E-state index contributed by atoms with van der Waals surface area (Å²) in [5, 5.41) is 12.7. The van der Waals surface area contributed by atoms with Gasteiger partial charge >= 0.3 is 5.97 Å². The van der Waals surface area contributed by atoms with Crippen LogP contribution in [0.4, 0.5) is 13.9 Å². The summed E-state index contributed by atoms with van der Waals surface area (Å²) in [4.78, 5) is 36.5. The van der Waals surface area contributed by atoms with Gasteiger partial charge < -0.3 is 20.3 Å². The summed E-state index contributed by atoms with van der Waals surface area (Å²) in [5.74, 6) is -2.57. The molecule has 3 aromatic heterocycles. The highest BCUT2D eigenvalue weighted by molar-refractivity contribution is 7.17. The zero-order valence-corrected chi connectivity index (χ0v) is 19.4. The van der Waals surface area contributed by atoms with E-state index in [2.05, 4.69) is 20.3 Å². The van der Waals surface area contributed by atoms with Crippen molar-refractivity contribution in [2.24, 2.45) is 0 Å². The van der Waals surface area contributed by atoms with E-state index in [-0.39, 0.29) is 50.1 Å². The van der Waals surface area contributed by atoms with Crippen molar-refractivity contribution < 1.29 is 23.5 Å². The van der Waals surface area contributed by atoms with Gasteiger partial charge in [0.2, 0.25) is 0 Å². The molecule has 174 valence electrons. The van der Waals surface area contributed by atoms with Gasteiger partial charge in [-0.15, -0.1) is 0 Å². The minimum absolute atomic E-state index is 0.0573. The zero-order valence-electron chi connectivity index (χ0n) is 17.0. The van der Waals surface area contributed by atoms with Crippen LogP contribution in [0.1, 0.15) is 32.3 Å². The summed E-state index contributed by atoms with van der Waals surface area (Å²) >= 11 is 12.9. The molecule has 13 heteroatoms. The van der Waals surface area contributed by atoms with E-state index >= 15 is 0 Å². The van der Waals surface area contributed by atoms with Crippen LogP contribution in [0.15, 0.2) is 18.3 Å². The number of carbonyl (C=O) groups excluding carboxylic acids is 1. The van der Waals surface area contributed by atoms with Gasteiger partial charge in [0, 0.05) is 18.4 Å². The Balaban J connectivity index is 1.50. The summed E-state index contributed by atoms with van der Waals surface area (Å²) in [5.41, 5.74) is 0.284. The summed E-state index contributed by atoms with van der Waals surface area (Å²) in [7, 11) is 0. The predicted molar refractivity (Wildman–Crippen MR) is 121 cm³/mol. The van der Waals surface area contributed by atoms with Crippen molar-refractivity contribution in [2.45, 2.75) is 25.6 Å². The Labute approximate surface area is 200 Å². The Kier molecular flexibility index (Phi) is 6.55. The second-order valence-electron chi connectivity index (χ2n) is 7.40. The number of hydrogen-bond acceptors (Lipinski definition) is 6. The molecule has 0 spiro atoms. The third-order valence-corrected chi connectivity index (χ3v) is 7.25. The number of anilines is 1. The number of aromatic amines is 1. The van der Waals surface area contributed by atoms with Gasteiger partial charge in [-0.2, -0.15) is 0 Å². The number of aromatic nitrogens is 3. The van der Waals surface area contributed by atoms with E-state index in [1.807, 2.05) is 0 Å². The lowest BCUT2D eigenvalue weighted by Crippen LogP contribution is -2.52. The smallest absolute Gasteiger partial charge is 0.348 e. The van der Waals surface area contributed by atoms with Crippen LogP contribution in [-0.4, -0.2) is 57.2 Å². The van der Waals surface area contributed by atoms with E-state index in [1.165, 1.54) is 12.3 Å². The molecule has 0 saturated carbocycles. The lowest BCUT2D eigenvalue weighted by molar-refractivity contribution is 0.0702. The molecule has 8 nitrogen and oxygen atoms in total. The van der Waals surface area contributed by atoms with E-state index in [4.69, 9.17) is 23.2 Å². The molecular weight excluding hydrogens is 499 g/mol. The number of thiazole rings is 1. The first kappa shape index (κ1) is 23.4. The molecule has 4 heterocycles. The van der Waals surface area contributed by atoms with Gasteiger partial charge in [0.25, 0.3) is 5.91 Å². The predicted octanol–water partition coefficient (Wildman–Crippen LogP) is 4.33. The van der Waals surface area contributed by atoms with Crippen molar-refractivity contribution in [2.75, 3.05) is 18.0 Å². The Morgan fingerprint density at radius 2 is 2.09 bits per heavy atom. The maximum absolute atomic E-state index is 15.0. The number of pyridine rings is 1. The fourth-order valence-electron chi connectivity index (χ4n) is 3.52. The van der Waals surface area contributed by atoms with Gasteiger partial charge in [-0.1, -0.05) is 34.5 Å². The summed E-state index contributed by atoms with van der Waals surface area (Å²) in [6, 6.07) is 1.75. The first-order valence-electron chi connectivity index (χ1n) is 9.75. The standard InChI is InChI=1S/C20H17Cl2F2N5O3S/c1-8-12(21)13(22)15(26-8)18(30)27-11-4-6-29(7-10(11)24)20-28-16(17(33-20)19(31)32)14-9(23)3-2-5-25-14/h2-3,5,10-11,26H,4,6-7H2,1H3,(H,27,30)(H,31,32)/t10-,11+/m0/s1. The molecule has 1 aliphatic rings. The Morgan fingerprint density at radius 3 is 2.70 bits per heavy atom. The van der Waals surface area contributed by atoms with E-state index in [9.17, 15) is 23.5 Å². The number of halogens is 4. The minimum atomic E-state index is -1.47. The van der Waals surface area contributed by atoms with Crippen LogP contribution in [-0.2, 0) is 0 Å². The normalized spacial score (nSPS) is 18.4. The fourth-order valence-corrected chi connectivity index (χ4v) is 4.88. The molecule has 33 heavy (non-hydrogen) atoms. The number of aromatic carboxylic acids is 1. The zero-order chi connectivity index (χ0) is 23.9. The van der Waals surface area contributed by atoms with Crippen LogP contribution >= 0.6 is 34.5 Å². The first-order chi connectivity index (χ1) is 15.7. The molecule has 0 unspecified atom stereocenters. The number of alkyl halides is 1. The number of carbonyl (C=O) groups is 2. The highest BCUT2D eigenvalue weighted by Gasteiger charge is 2.34. The Morgan fingerprint density at radius 1 is 1.33 bits per heavy atom. The number of nitrogens with one attached hydrogen (secondary N) is 2. The molecule has 1 fully saturated rings. The second-order valence-corrected chi connectivity index (χ2v) is 9.13. The van der Waals surface area contributed by atoms with Crippen LogP contribution in [0.2, 0.25) is 10.0 Å². The number of rotatable bonds is 5. The molecule has 4 rings (SSSR count). The molecule has 0 radical (unpaired) electrons. The highest BCUT2D eigenvalue weighted by atomic mass is 35.5. The maximum atomic E-state index is 15.0. The number of H-pyrrole nitrogens is 1. The van der Waals surface area contributed by atoms with Crippen molar-refractivity contribution in [3.05, 3.63) is 50.5 Å². The SMILES string of the molecule is Cc1[nH]c(C(=O)N[C@@H]2CCN(c3nc(-c4ncccc4F)c(C(=O)O)s3)C[C@@H]2F)c(Cl)c1Cl. The molecule has 1 aliphatic heterocycles. The van der Waals surface area contributed by atoms with E-state index in [0.29, 0.717) is 12.2 Å². The van der Waals surface area contributed by atoms with Gasteiger partial charge in [-0.25, -0.2) is 18.6 Å². The van der Waals surface area contributed by atoms with E-state index in [0.717, 1.165) is 17.4 Å². The van der Waals surface area contributed by atoms with Crippen molar-refractivity contribution in [1.82, 2.24) is 20.3 Å². The largest absolute Gasteiger partial charge is 0.477 e. The monoisotopic (exact) mass is 515 g/mol. The topological polar surface area (TPSA) is 111 Å². The van der Waals surface area contributed by atoms with E-state index in [1.54, 1.807) is 11.8 Å². The lowest BCUT2D eigenvalue weighted by Gasteiger charge is -2.34. The van der Waals surface area contributed by atoms with Crippen molar-refractivity contribution in [3.63, 3.8) is 0 Å². The van der Waals surface area contributed by atoms with Gasteiger partial charge in [0.05, 0.1) is 22.6 Å². The third kappa shape index (κ3) is 4.53. The molecular formula is C20H17Cl2F2N5O3S. The number of amides is 1. The first-order valence-corrected chi connectivity index (χ1v) is 11.3. The number of piperidine rings is 1. The Hall–Kier alpha value is -2.76. The van der Waals surface area contributed by atoms with Crippen molar-refractivity contribution >= 4 is 51.5 Å². The number of nitrogens with zero attached hydrogens (tertiary/aromatic N) is 3. The van der Waals surface area contributed by atoms with Crippen LogP contribution in [0.5, 0.6) is 0 Å². The molecule has 2 atom stereocenters. The number of aryl methyl sites for hydroxylation is 1. The summed E-state index contributed by atoms with van der Waals surface area (Å²) in [6.45, 7) is 1.81. The van der Waals surface area contributed by atoms with Crippen molar-refractivity contribution in [1.29, 1.82) is 0 Å². The summed E-state index contributed by atoms with van der Waals surface area (Å²) < 4.78 is 29.1. The van der Waals surface area contributed by atoms with Gasteiger partial charge in [0.1, 0.15) is 28.1 Å². The maximum Gasteiger partial charge on any atom is 0.348 e. The highest BCUT2D eigenvalue weighted by Crippen LogP contribution is 2.35. The van der Waals surface area contributed by atoms with Gasteiger partial charge in [0.15, 0.2) is 10.9 Å². The van der Waals surface area contributed by atoms with Crippen LogP contribution in [0, 0.1) is 12.7 Å². The second kappa shape index (κ2) is 9.24. The van der Waals surface area contributed by atoms with Gasteiger partial charge in [-0.3, -0.25) is 9.78 Å².